The highest BCUT2D eigenvalue weighted by Crippen LogP contribution is 2.40. The van der Waals surface area contributed by atoms with Crippen LogP contribution < -0.4 is 10.1 Å². The number of carbonyl (C=O) groups excluding carboxylic acids is 1. The van der Waals surface area contributed by atoms with Crippen molar-refractivity contribution in [1.29, 1.82) is 0 Å². The molecule has 0 bridgehead atoms. The number of nitrogens with one attached hydrogen (secondary N) is 1. The molecular weight excluding hydrogens is 263 g/mol. The van der Waals surface area contributed by atoms with Crippen molar-refractivity contribution in [3.8, 4) is 5.75 Å². The standard InChI is InChI=1S/C12H14F3NO3/c1-3-16-10(17)11(18,12(13,14)15)8-5-4-6-9(7-8)19-2/h4-7,18H,3H2,1-2H3,(H,16,17). The SMILES string of the molecule is CCNC(=O)C(O)(c1cccc(OC)c1)C(F)(F)F. The lowest BCUT2D eigenvalue weighted by molar-refractivity contribution is -0.257. The minimum Gasteiger partial charge on any atom is -0.497 e. The van der Waals surface area contributed by atoms with E-state index in [1.165, 1.54) is 26.2 Å². The Hall–Kier alpha value is -1.76. The molecule has 1 aromatic carbocycles. The molecule has 19 heavy (non-hydrogen) atoms. The molecule has 106 valence electrons. The predicted molar refractivity (Wildman–Crippen MR) is 61.6 cm³/mol. The minimum absolute atomic E-state index is 0.0266. The zero-order valence-corrected chi connectivity index (χ0v) is 10.4. The molecule has 1 atom stereocenters. The van der Waals surface area contributed by atoms with Gasteiger partial charge in [-0.1, -0.05) is 12.1 Å². The number of carbonyl (C=O) groups is 1. The first kappa shape index (κ1) is 15.3. The molecule has 0 aliphatic carbocycles. The molecule has 0 fully saturated rings. The molecule has 0 aromatic heterocycles. The van der Waals surface area contributed by atoms with Crippen LogP contribution in [0.4, 0.5) is 13.2 Å². The second kappa shape index (κ2) is 5.48. The molecule has 1 aromatic rings. The average molecular weight is 277 g/mol. The molecule has 0 saturated carbocycles. The van der Waals surface area contributed by atoms with Crippen molar-refractivity contribution in [2.24, 2.45) is 0 Å². The van der Waals surface area contributed by atoms with Gasteiger partial charge in [0, 0.05) is 12.1 Å². The van der Waals surface area contributed by atoms with Crippen molar-refractivity contribution < 1.29 is 27.8 Å². The van der Waals surface area contributed by atoms with Gasteiger partial charge in [-0.25, -0.2) is 0 Å². The normalized spacial score (nSPS) is 14.6. The maximum atomic E-state index is 13.0. The third-order valence-electron chi connectivity index (χ3n) is 2.56. The smallest absolute Gasteiger partial charge is 0.430 e. The Morgan fingerprint density at radius 2 is 2.05 bits per heavy atom. The lowest BCUT2D eigenvalue weighted by Crippen LogP contribution is -2.54. The summed E-state index contributed by atoms with van der Waals surface area (Å²) in [6.07, 6.45) is -5.14. The van der Waals surface area contributed by atoms with Crippen molar-refractivity contribution in [3.63, 3.8) is 0 Å². The van der Waals surface area contributed by atoms with Crippen LogP contribution in [0.25, 0.3) is 0 Å². The summed E-state index contributed by atoms with van der Waals surface area (Å²) in [6, 6.07) is 4.68. The number of benzene rings is 1. The molecular formula is C12H14F3NO3. The van der Waals surface area contributed by atoms with Gasteiger partial charge in [0.15, 0.2) is 0 Å². The van der Waals surface area contributed by atoms with Gasteiger partial charge in [0.2, 0.25) is 0 Å². The van der Waals surface area contributed by atoms with Gasteiger partial charge in [-0.3, -0.25) is 4.79 Å². The van der Waals surface area contributed by atoms with Gasteiger partial charge in [0.1, 0.15) is 5.75 Å². The van der Waals surface area contributed by atoms with E-state index in [1.807, 2.05) is 5.32 Å². The molecule has 1 rings (SSSR count). The summed E-state index contributed by atoms with van der Waals surface area (Å²) in [5.41, 5.74) is -4.19. The van der Waals surface area contributed by atoms with E-state index >= 15 is 0 Å². The second-order valence-corrected chi connectivity index (χ2v) is 3.80. The fourth-order valence-corrected chi connectivity index (χ4v) is 1.56. The Morgan fingerprint density at radius 1 is 1.42 bits per heavy atom. The van der Waals surface area contributed by atoms with E-state index < -0.39 is 23.2 Å². The average Bonchev–Trinajstić information content (AvgIpc) is 2.36. The lowest BCUT2D eigenvalue weighted by Gasteiger charge is -2.29. The summed E-state index contributed by atoms with van der Waals surface area (Å²) in [4.78, 5) is 11.6. The van der Waals surface area contributed by atoms with Crippen LogP contribution in [0.5, 0.6) is 5.75 Å². The van der Waals surface area contributed by atoms with Crippen molar-refractivity contribution in [3.05, 3.63) is 29.8 Å². The summed E-state index contributed by atoms with van der Waals surface area (Å²) in [7, 11) is 1.28. The lowest BCUT2D eigenvalue weighted by atomic mass is 9.92. The first-order valence-electron chi connectivity index (χ1n) is 5.49. The number of aliphatic hydroxyl groups is 1. The molecule has 4 nitrogen and oxygen atoms in total. The molecule has 1 amide bonds. The second-order valence-electron chi connectivity index (χ2n) is 3.80. The van der Waals surface area contributed by atoms with Crippen LogP contribution in [-0.2, 0) is 10.4 Å². The van der Waals surface area contributed by atoms with Crippen LogP contribution in [-0.4, -0.2) is 30.8 Å². The summed E-state index contributed by atoms with van der Waals surface area (Å²) in [5, 5.41) is 11.8. The third kappa shape index (κ3) is 2.81. The van der Waals surface area contributed by atoms with E-state index in [2.05, 4.69) is 0 Å². The fraction of sp³-hybridized carbons (Fsp3) is 0.417. The fourth-order valence-electron chi connectivity index (χ4n) is 1.56. The number of hydrogen-bond donors (Lipinski definition) is 2. The van der Waals surface area contributed by atoms with Crippen molar-refractivity contribution in [1.82, 2.24) is 5.32 Å². The van der Waals surface area contributed by atoms with Crippen LogP contribution in [0.3, 0.4) is 0 Å². The molecule has 0 aliphatic heterocycles. The summed E-state index contributed by atoms with van der Waals surface area (Å²) < 4.78 is 43.9. The highest BCUT2D eigenvalue weighted by atomic mass is 19.4. The molecule has 7 heteroatoms. The zero-order chi connectivity index (χ0) is 14.7. The molecule has 0 spiro atoms. The van der Waals surface area contributed by atoms with Crippen LogP contribution in [0.15, 0.2) is 24.3 Å². The van der Waals surface area contributed by atoms with Crippen LogP contribution in [0.2, 0.25) is 0 Å². The number of halogens is 3. The highest BCUT2D eigenvalue weighted by molar-refractivity contribution is 5.87. The topological polar surface area (TPSA) is 58.6 Å². The van der Waals surface area contributed by atoms with Gasteiger partial charge in [0.05, 0.1) is 7.11 Å². The monoisotopic (exact) mass is 277 g/mol. The molecule has 0 heterocycles. The van der Waals surface area contributed by atoms with Gasteiger partial charge in [-0.15, -0.1) is 0 Å². The Bertz CT molecular complexity index is 462. The van der Waals surface area contributed by atoms with Gasteiger partial charge in [-0.2, -0.15) is 13.2 Å². The number of methoxy groups -OCH3 is 1. The quantitative estimate of drug-likeness (QED) is 0.878. The predicted octanol–water partition coefficient (Wildman–Crippen LogP) is 1.58. The van der Waals surface area contributed by atoms with E-state index in [0.29, 0.717) is 0 Å². The maximum Gasteiger partial charge on any atom is 0.430 e. The van der Waals surface area contributed by atoms with E-state index in [-0.39, 0.29) is 12.3 Å². The van der Waals surface area contributed by atoms with E-state index in [9.17, 15) is 23.1 Å². The minimum atomic E-state index is -5.14. The number of alkyl halides is 3. The van der Waals surface area contributed by atoms with Gasteiger partial charge < -0.3 is 15.2 Å². The van der Waals surface area contributed by atoms with Crippen LogP contribution in [0, 0.1) is 0 Å². The number of rotatable bonds is 4. The Kier molecular flexibility index (Phi) is 4.41. The molecule has 2 N–H and O–H groups in total. The number of amides is 1. The number of ether oxygens (including phenoxy) is 1. The Morgan fingerprint density at radius 3 is 2.53 bits per heavy atom. The first-order chi connectivity index (χ1) is 8.77. The number of hydrogen-bond acceptors (Lipinski definition) is 3. The molecule has 0 radical (unpaired) electrons. The molecule has 0 saturated heterocycles. The Labute approximate surface area is 108 Å². The first-order valence-corrected chi connectivity index (χ1v) is 5.49. The molecule has 0 aliphatic rings. The number of likely N-dealkylation sites (N-methyl/N-ethyl adjacent to an activating group) is 1. The third-order valence-corrected chi connectivity index (χ3v) is 2.56. The van der Waals surface area contributed by atoms with Crippen molar-refractivity contribution >= 4 is 5.91 Å². The zero-order valence-electron chi connectivity index (χ0n) is 10.4. The van der Waals surface area contributed by atoms with E-state index in [0.717, 1.165) is 12.1 Å². The van der Waals surface area contributed by atoms with E-state index in [4.69, 9.17) is 4.74 Å². The summed E-state index contributed by atoms with van der Waals surface area (Å²) >= 11 is 0. The van der Waals surface area contributed by atoms with Gasteiger partial charge in [0.25, 0.3) is 11.5 Å². The van der Waals surface area contributed by atoms with Gasteiger partial charge in [-0.05, 0) is 19.1 Å². The largest absolute Gasteiger partial charge is 0.497 e. The maximum absolute atomic E-state index is 13.0. The van der Waals surface area contributed by atoms with Crippen molar-refractivity contribution in [2.45, 2.75) is 18.7 Å². The summed E-state index contributed by atoms with van der Waals surface area (Å²) in [5.74, 6) is -1.40. The van der Waals surface area contributed by atoms with Crippen LogP contribution in [0.1, 0.15) is 12.5 Å². The van der Waals surface area contributed by atoms with E-state index in [1.54, 1.807) is 0 Å². The highest BCUT2D eigenvalue weighted by Gasteiger charge is 2.60. The van der Waals surface area contributed by atoms with Crippen molar-refractivity contribution in [2.75, 3.05) is 13.7 Å². The van der Waals surface area contributed by atoms with Gasteiger partial charge >= 0.3 is 6.18 Å². The molecule has 1 unspecified atom stereocenters. The van der Waals surface area contributed by atoms with Crippen LogP contribution >= 0.6 is 0 Å². The Balaban J connectivity index is 3.35. The summed E-state index contributed by atoms with van der Waals surface area (Å²) in [6.45, 7) is 1.43.